The van der Waals surface area contributed by atoms with Crippen LogP contribution < -0.4 is 14.8 Å². The Kier molecular flexibility index (Phi) is 6.36. The number of fused-ring (bicyclic) bond motifs is 1. The van der Waals surface area contributed by atoms with Crippen LogP contribution in [0.25, 0.3) is 0 Å². The van der Waals surface area contributed by atoms with Gasteiger partial charge in [-0.1, -0.05) is 44.2 Å². The third-order valence-corrected chi connectivity index (χ3v) is 7.45. The second-order valence-corrected chi connectivity index (χ2v) is 10.2. The molecule has 2 atom stereocenters. The molecule has 0 aromatic heterocycles. The Labute approximate surface area is 211 Å². The maximum Gasteiger partial charge on any atom is 0.325 e. The van der Waals surface area contributed by atoms with Gasteiger partial charge in [-0.15, -0.1) is 0 Å². The highest BCUT2D eigenvalue weighted by molar-refractivity contribution is 6.09. The lowest BCUT2D eigenvalue weighted by Crippen LogP contribution is -2.44. The summed E-state index contributed by atoms with van der Waals surface area (Å²) in [5.74, 6) is 1.11. The number of nitrogens with one attached hydrogen (secondary N) is 1. The van der Waals surface area contributed by atoms with Crippen LogP contribution in [0.15, 0.2) is 42.5 Å². The van der Waals surface area contributed by atoms with Crippen LogP contribution in [0.4, 0.5) is 4.79 Å². The summed E-state index contributed by atoms with van der Waals surface area (Å²) in [7, 11) is 0. The first-order valence-electron chi connectivity index (χ1n) is 12.7. The first-order valence-corrected chi connectivity index (χ1v) is 12.7. The van der Waals surface area contributed by atoms with Gasteiger partial charge in [0.2, 0.25) is 5.91 Å². The van der Waals surface area contributed by atoms with Crippen molar-refractivity contribution < 1.29 is 23.9 Å². The maximum absolute atomic E-state index is 13.4. The van der Waals surface area contributed by atoms with Crippen molar-refractivity contribution in [1.29, 1.82) is 0 Å². The van der Waals surface area contributed by atoms with Gasteiger partial charge in [0.05, 0.1) is 19.3 Å². The number of imide groups is 1. The zero-order valence-electron chi connectivity index (χ0n) is 21.1. The molecule has 2 fully saturated rings. The largest absolute Gasteiger partial charge is 0.490 e. The monoisotopic (exact) mass is 491 g/mol. The van der Waals surface area contributed by atoms with E-state index in [4.69, 9.17) is 9.47 Å². The molecule has 5 rings (SSSR count). The molecule has 3 heterocycles. The molecule has 0 bridgehead atoms. The quantitative estimate of drug-likeness (QED) is 0.637. The molecule has 0 unspecified atom stereocenters. The standard InChI is InChI=1S/C28H33N3O5/c1-18(2)19-7-10-21(11-8-19)28(3)26(33)31(27(34)29-28)17-25(32)30-13-4-6-22(30)20-9-12-23-24(16-20)36-15-5-14-35-23/h7-12,16,18,22H,4-6,13-15,17H2,1-3H3,(H,29,34)/t22-,28-/m1/s1. The Bertz CT molecular complexity index is 1180. The molecular formula is C28H33N3O5. The van der Waals surface area contributed by atoms with Gasteiger partial charge in [-0.2, -0.15) is 0 Å². The Morgan fingerprint density at radius 1 is 1.06 bits per heavy atom. The molecule has 2 aromatic carbocycles. The first kappa shape index (κ1) is 24.2. The summed E-state index contributed by atoms with van der Waals surface area (Å²) in [6.07, 6.45) is 2.49. The number of hydrogen-bond donors (Lipinski definition) is 1. The molecule has 0 spiro atoms. The van der Waals surface area contributed by atoms with Gasteiger partial charge in [0.1, 0.15) is 12.1 Å². The first-order chi connectivity index (χ1) is 17.3. The van der Waals surface area contributed by atoms with E-state index in [0.717, 1.165) is 35.3 Å². The number of rotatable bonds is 5. The lowest BCUT2D eigenvalue weighted by molar-refractivity contribution is -0.139. The number of amides is 4. The lowest BCUT2D eigenvalue weighted by Gasteiger charge is -2.27. The molecule has 0 aliphatic carbocycles. The fourth-order valence-electron chi connectivity index (χ4n) is 5.26. The lowest BCUT2D eigenvalue weighted by atomic mass is 9.90. The minimum Gasteiger partial charge on any atom is -0.490 e. The van der Waals surface area contributed by atoms with Crippen LogP contribution in [0.5, 0.6) is 11.5 Å². The minimum absolute atomic E-state index is 0.134. The highest BCUT2D eigenvalue weighted by atomic mass is 16.5. The molecule has 3 aliphatic heterocycles. The van der Waals surface area contributed by atoms with Crippen molar-refractivity contribution in [3.8, 4) is 11.5 Å². The Balaban J connectivity index is 1.31. The van der Waals surface area contributed by atoms with Crippen molar-refractivity contribution in [1.82, 2.24) is 15.1 Å². The van der Waals surface area contributed by atoms with Crippen LogP contribution in [0.1, 0.15) is 68.7 Å². The molecular weight excluding hydrogens is 458 g/mol. The van der Waals surface area contributed by atoms with Crippen LogP contribution >= 0.6 is 0 Å². The predicted octanol–water partition coefficient (Wildman–Crippen LogP) is 4.10. The van der Waals surface area contributed by atoms with Crippen LogP contribution in [0.3, 0.4) is 0 Å². The topological polar surface area (TPSA) is 88.2 Å². The zero-order chi connectivity index (χ0) is 25.4. The smallest absolute Gasteiger partial charge is 0.325 e. The maximum atomic E-state index is 13.4. The number of likely N-dealkylation sites (tertiary alicyclic amines) is 1. The summed E-state index contributed by atoms with van der Waals surface area (Å²) in [6.45, 7) is 7.40. The number of ether oxygens (including phenoxy) is 2. The fraction of sp³-hybridized carbons (Fsp3) is 0.464. The van der Waals surface area contributed by atoms with Crippen molar-refractivity contribution in [2.45, 2.75) is 57.5 Å². The molecule has 1 N–H and O–H groups in total. The van der Waals surface area contributed by atoms with E-state index < -0.39 is 17.5 Å². The number of carbonyl (C=O) groups excluding carboxylic acids is 3. The SMILES string of the molecule is CC(C)c1ccc([C@@]2(C)NC(=O)N(CC(=O)N3CCC[C@@H]3c3ccc4c(c3)OCCCO4)C2=O)cc1. The molecule has 190 valence electrons. The van der Waals surface area contributed by atoms with Gasteiger partial charge in [0.15, 0.2) is 11.5 Å². The normalized spacial score (nSPS) is 23.7. The summed E-state index contributed by atoms with van der Waals surface area (Å²) in [4.78, 5) is 42.4. The molecule has 2 aromatic rings. The van der Waals surface area contributed by atoms with Gasteiger partial charge in [-0.3, -0.25) is 14.5 Å². The van der Waals surface area contributed by atoms with E-state index in [0.29, 0.717) is 42.7 Å². The molecule has 8 heteroatoms. The number of hydrogen-bond acceptors (Lipinski definition) is 5. The second-order valence-electron chi connectivity index (χ2n) is 10.2. The highest BCUT2D eigenvalue weighted by Gasteiger charge is 2.50. The molecule has 0 saturated carbocycles. The third kappa shape index (κ3) is 4.29. The highest BCUT2D eigenvalue weighted by Crippen LogP contribution is 2.38. The molecule has 8 nitrogen and oxygen atoms in total. The summed E-state index contributed by atoms with van der Waals surface area (Å²) in [6, 6.07) is 12.8. The number of urea groups is 1. The second kappa shape index (κ2) is 9.48. The number of benzene rings is 2. The van der Waals surface area contributed by atoms with Gasteiger partial charge < -0.3 is 19.7 Å². The van der Waals surface area contributed by atoms with E-state index in [2.05, 4.69) is 19.2 Å². The van der Waals surface area contributed by atoms with E-state index in [9.17, 15) is 14.4 Å². The predicted molar refractivity (Wildman–Crippen MR) is 134 cm³/mol. The third-order valence-electron chi connectivity index (χ3n) is 7.45. The summed E-state index contributed by atoms with van der Waals surface area (Å²) in [5, 5.41) is 2.81. The van der Waals surface area contributed by atoms with Crippen molar-refractivity contribution in [2.75, 3.05) is 26.3 Å². The van der Waals surface area contributed by atoms with Gasteiger partial charge >= 0.3 is 6.03 Å². The number of carbonyl (C=O) groups is 3. The summed E-state index contributed by atoms with van der Waals surface area (Å²) >= 11 is 0. The van der Waals surface area contributed by atoms with Crippen LogP contribution in [-0.4, -0.2) is 53.9 Å². The average Bonchev–Trinajstić information content (AvgIpc) is 3.34. The Hall–Kier alpha value is -3.55. The van der Waals surface area contributed by atoms with Crippen molar-refractivity contribution >= 4 is 17.8 Å². The Morgan fingerprint density at radius 2 is 1.78 bits per heavy atom. The van der Waals surface area contributed by atoms with Gasteiger partial charge in [0.25, 0.3) is 5.91 Å². The average molecular weight is 492 g/mol. The van der Waals surface area contributed by atoms with E-state index >= 15 is 0 Å². The van der Waals surface area contributed by atoms with E-state index in [1.165, 1.54) is 0 Å². The van der Waals surface area contributed by atoms with Crippen LogP contribution in [0.2, 0.25) is 0 Å². The molecule has 4 amide bonds. The van der Waals surface area contributed by atoms with E-state index in [-0.39, 0.29) is 18.5 Å². The van der Waals surface area contributed by atoms with E-state index in [1.54, 1.807) is 11.8 Å². The van der Waals surface area contributed by atoms with Gasteiger partial charge in [-0.05, 0) is 54.5 Å². The van der Waals surface area contributed by atoms with Crippen molar-refractivity contribution in [3.63, 3.8) is 0 Å². The van der Waals surface area contributed by atoms with Gasteiger partial charge in [-0.25, -0.2) is 4.79 Å². The van der Waals surface area contributed by atoms with Crippen molar-refractivity contribution in [2.24, 2.45) is 0 Å². The molecule has 2 saturated heterocycles. The number of nitrogens with zero attached hydrogens (tertiary/aromatic N) is 2. The molecule has 3 aliphatic rings. The van der Waals surface area contributed by atoms with Crippen LogP contribution in [0, 0.1) is 0 Å². The summed E-state index contributed by atoms with van der Waals surface area (Å²) < 4.78 is 11.6. The summed E-state index contributed by atoms with van der Waals surface area (Å²) in [5.41, 5.74) is 1.62. The fourth-order valence-corrected chi connectivity index (χ4v) is 5.26. The molecule has 0 radical (unpaired) electrons. The molecule has 36 heavy (non-hydrogen) atoms. The Morgan fingerprint density at radius 3 is 2.50 bits per heavy atom. The van der Waals surface area contributed by atoms with Crippen LogP contribution in [-0.2, 0) is 15.1 Å². The van der Waals surface area contributed by atoms with Crippen molar-refractivity contribution in [3.05, 3.63) is 59.2 Å². The van der Waals surface area contributed by atoms with Gasteiger partial charge in [0, 0.05) is 13.0 Å². The minimum atomic E-state index is -1.20. The zero-order valence-corrected chi connectivity index (χ0v) is 21.1. The van der Waals surface area contributed by atoms with E-state index in [1.807, 2.05) is 42.5 Å².